The van der Waals surface area contributed by atoms with Gasteiger partial charge in [0.05, 0.1) is 12.5 Å². The quantitative estimate of drug-likeness (QED) is 0.585. The molecule has 21 heavy (non-hydrogen) atoms. The SMILES string of the molecule is NC(=O)CC(O)C(O)c1ccc2c(c1)[nH]c1ccccc12. The van der Waals surface area contributed by atoms with Crippen LogP contribution in [0.1, 0.15) is 18.1 Å². The molecule has 1 aromatic heterocycles. The number of para-hydroxylation sites is 1. The van der Waals surface area contributed by atoms with Crippen LogP contribution in [0.2, 0.25) is 0 Å². The van der Waals surface area contributed by atoms with Crippen LogP contribution < -0.4 is 5.73 Å². The molecule has 2 atom stereocenters. The molecule has 3 rings (SSSR count). The lowest BCUT2D eigenvalue weighted by Gasteiger charge is -2.16. The van der Waals surface area contributed by atoms with E-state index in [1.165, 1.54) is 0 Å². The Hall–Kier alpha value is -2.37. The minimum Gasteiger partial charge on any atom is -0.390 e. The summed E-state index contributed by atoms with van der Waals surface area (Å²) in [6.07, 6.45) is -2.62. The zero-order chi connectivity index (χ0) is 15.0. The molecule has 0 saturated carbocycles. The lowest BCUT2D eigenvalue weighted by Crippen LogP contribution is -2.25. The van der Waals surface area contributed by atoms with Crippen LogP contribution in [0.4, 0.5) is 0 Å². The van der Waals surface area contributed by atoms with Crippen LogP contribution in [0.3, 0.4) is 0 Å². The molecule has 5 N–H and O–H groups in total. The van der Waals surface area contributed by atoms with Crippen molar-refractivity contribution < 1.29 is 15.0 Å². The maximum Gasteiger partial charge on any atom is 0.220 e. The molecule has 0 aliphatic carbocycles. The maximum atomic E-state index is 10.8. The van der Waals surface area contributed by atoms with E-state index in [0.29, 0.717) is 5.56 Å². The third-order valence-corrected chi connectivity index (χ3v) is 3.65. The second-order valence-corrected chi connectivity index (χ2v) is 5.16. The molecule has 0 bridgehead atoms. The lowest BCUT2D eigenvalue weighted by atomic mass is 10.0. The number of benzene rings is 2. The molecule has 0 aliphatic heterocycles. The van der Waals surface area contributed by atoms with Crippen molar-refractivity contribution >= 4 is 27.7 Å². The van der Waals surface area contributed by atoms with Crippen molar-refractivity contribution in [3.63, 3.8) is 0 Å². The molecule has 0 aliphatic rings. The molecule has 1 amide bonds. The van der Waals surface area contributed by atoms with Gasteiger partial charge in [-0.3, -0.25) is 4.79 Å². The van der Waals surface area contributed by atoms with E-state index in [1.54, 1.807) is 12.1 Å². The third kappa shape index (κ3) is 2.49. The number of amides is 1. The molecule has 0 spiro atoms. The first-order chi connectivity index (χ1) is 10.1. The number of H-pyrrole nitrogens is 1. The highest BCUT2D eigenvalue weighted by molar-refractivity contribution is 6.07. The van der Waals surface area contributed by atoms with Crippen LogP contribution in [0.25, 0.3) is 21.8 Å². The molecule has 3 aromatic rings. The van der Waals surface area contributed by atoms with Gasteiger partial charge in [-0.2, -0.15) is 0 Å². The molecule has 2 unspecified atom stereocenters. The average molecular weight is 284 g/mol. The van der Waals surface area contributed by atoms with Gasteiger partial charge < -0.3 is 20.9 Å². The van der Waals surface area contributed by atoms with E-state index in [-0.39, 0.29) is 6.42 Å². The fourth-order valence-corrected chi connectivity index (χ4v) is 2.60. The minimum atomic E-state index is -1.20. The zero-order valence-electron chi connectivity index (χ0n) is 11.3. The van der Waals surface area contributed by atoms with E-state index in [0.717, 1.165) is 21.8 Å². The molecule has 0 radical (unpaired) electrons. The van der Waals surface area contributed by atoms with Crippen molar-refractivity contribution in [3.05, 3.63) is 48.0 Å². The van der Waals surface area contributed by atoms with Gasteiger partial charge in [-0.15, -0.1) is 0 Å². The highest BCUT2D eigenvalue weighted by Gasteiger charge is 2.21. The number of hydrogen-bond donors (Lipinski definition) is 4. The molecule has 0 saturated heterocycles. The summed E-state index contributed by atoms with van der Waals surface area (Å²) in [5.41, 5.74) is 7.46. The van der Waals surface area contributed by atoms with Crippen molar-refractivity contribution in [2.75, 3.05) is 0 Å². The smallest absolute Gasteiger partial charge is 0.220 e. The van der Waals surface area contributed by atoms with E-state index < -0.39 is 18.1 Å². The normalized spacial score (nSPS) is 14.4. The van der Waals surface area contributed by atoms with E-state index in [2.05, 4.69) is 4.98 Å². The Balaban J connectivity index is 2.01. The Labute approximate surface area is 121 Å². The van der Waals surface area contributed by atoms with Gasteiger partial charge in [0.1, 0.15) is 6.10 Å². The van der Waals surface area contributed by atoms with E-state index in [1.807, 2.05) is 30.3 Å². The van der Waals surface area contributed by atoms with Crippen LogP contribution in [-0.4, -0.2) is 27.2 Å². The molecule has 2 aromatic carbocycles. The van der Waals surface area contributed by atoms with Gasteiger partial charge >= 0.3 is 0 Å². The van der Waals surface area contributed by atoms with E-state index in [4.69, 9.17) is 5.73 Å². The number of rotatable bonds is 4. The van der Waals surface area contributed by atoms with Crippen LogP contribution in [-0.2, 0) is 4.79 Å². The van der Waals surface area contributed by atoms with Gasteiger partial charge in [-0.1, -0.05) is 30.3 Å². The summed E-state index contributed by atoms with van der Waals surface area (Å²) < 4.78 is 0. The minimum absolute atomic E-state index is 0.272. The van der Waals surface area contributed by atoms with Crippen molar-refractivity contribution in [3.8, 4) is 0 Å². The zero-order valence-corrected chi connectivity index (χ0v) is 11.3. The number of carbonyl (C=O) groups is 1. The number of aromatic nitrogens is 1. The van der Waals surface area contributed by atoms with Crippen molar-refractivity contribution in [2.45, 2.75) is 18.6 Å². The van der Waals surface area contributed by atoms with E-state index in [9.17, 15) is 15.0 Å². The second kappa shape index (κ2) is 5.20. The monoisotopic (exact) mass is 284 g/mol. The van der Waals surface area contributed by atoms with Gasteiger partial charge in [0, 0.05) is 21.8 Å². The maximum absolute atomic E-state index is 10.8. The molecular formula is C16H16N2O3. The molecule has 108 valence electrons. The van der Waals surface area contributed by atoms with Gasteiger partial charge in [0.15, 0.2) is 0 Å². The first kappa shape index (κ1) is 13.6. The summed E-state index contributed by atoms with van der Waals surface area (Å²) in [6, 6.07) is 13.3. The number of carbonyl (C=O) groups excluding carboxylic acids is 1. The van der Waals surface area contributed by atoms with Crippen molar-refractivity contribution in [1.82, 2.24) is 4.98 Å². The summed E-state index contributed by atoms with van der Waals surface area (Å²) in [5, 5.41) is 22.0. The first-order valence-corrected chi connectivity index (χ1v) is 6.71. The second-order valence-electron chi connectivity index (χ2n) is 5.16. The van der Waals surface area contributed by atoms with Crippen molar-refractivity contribution in [1.29, 1.82) is 0 Å². The number of nitrogens with two attached hydrogens (primary N) is 1. The summed E-state index contributed by atoms with van der Waals surface area (Å²) in [5.74, 6) is -0.645. The molecule has 0 fully saturated rings. The number of primary amides is 1. The topological polar surface area (TPSA) is 99.3 Å². The standard InChI is InChI=1S/C16H16N2O3/c17-15(20)8-14(19)16(21)9-5-6-11-10-3-1-2-4-12(10)18-13(11)7-9/h1-7,14,16,18-19,21H,8H2,(H2,17,20). The Morgan fingerprint density at radius 2 is 1.81 bits per heavy atom. The van der Waals surface area contributed by atoms with Crippen molar-refractivity contribution in [2.24, 2.45) is 5.73 Å². The predicted octanol–water partition coefficient (Wildman–Crippen LogP) is 1.59. The molecule has 5 heteroatoms. The molecule has 5 nitrogen and oxygen atoms in total. The Morgan fingerprint density at radius 3 is 2.57 bits per heavy atom. The number of aliphatic hydroxyl groups excluding tert-OH is 2. The van der Waals surface area contributed by atoms with Crippen LogP contribution >= 0.6 is 0 Å². The van der Waals surface area contributed by atoms with Crippen LogP contribution in [0.5, 0.6) is 0 Å². The highest BCUT2D eigenvalue weighted by Crippen LogP contribution is 2.28. The fraction of sp³-hybridized carbons (Fsp3) is 0.188. The van der Waals surface area contributed by atoms with Gasteiger partial charge in [0.2, 0.25) is 5.91 Å². The average Bonchev–Trinajstić information content (AvgIpc) is 2.83. The Morgan fingerprint density at radius 1 is 1.10 bits per heavy atom. The van der Waals surface area contributed by atoms with Gasteiger partial charge in [-0.25, -0.2) is 0 Å². The summed E-state index contributed by atoms with van der Waals surface area (Å²) in [7, 11) is 0. The molecular weight excluding hydrogens is 268 g/mol. The first-order valence-electron chi connectivity index (χ1n) is 6.71. The van der Waals surface area contributed by atoms with Crippen LogP contribution in [0.15, 0.2) is 42.5 Å². The summed E-state index contributed by atoms with van der Waals surface area (Å²) in [6.45, 7) is 0. The lowest BCUT2D eigenvalue weighted by molar-refractivity contribution is -0.121. The largest absolute Gasteiger partial charge is 0.390 e. The van der Waals surface area contributed by atoms with Gasteiger partial charge in [0.25, 0.3) is 0 Å². The van der Waals surface area contributed by atoms with Crippen LogP contribution in [0, 0.1) is 0 Å². The third-order valence-electron chi connectivity index (χ3n) is 3.65. The number of fused-ring (bicyclic) bond motifs is 3. The van der Waals surface area contributed by atoms with Gasteiger partial charge in [-0.05, 0) is 17.7 Å². The number of aromatic amines is 1. The summed E-state index contributed by atoms with van der Waals surface area (Å²) >= 11 is 0. The number of aliphatic hydroxyl groups is 2. The number of hydrogen-bond acceptors (Lipinski definition) is 3. The number of nitrogens with one attached hydrogen (secondary N) is 1. The Kier molecular flexibility index (Phi) is 3.37. The highest BCUT2D eigenvalue weighted by atomic mass is 16.3. The fourth-order valence-electron chi connectivity index (χ4n) is 2.60. The Bertz CT molecular complexity index is 809. The van der Waals surface area contributed by atoms with E-state index >= 15 is 0 Å². The summed E-state index contributed by atoms with van der Waals surface area (Å²) in [4.78, 5) is 14.1. The molecule has 1 heterocycles. The predicted molar refractivity (Wildman–Crippen MR) is 80.6 cm³/mol.